The Hall–Kier alpha value is -2.18. The first-order valence-electron chi connectivity index (χ1n) is 10.3. The van der Waals surface area contributed by atoms with Gasteiger partial charge in [-0.3, -0.25) is 9.69 Å². The number of aryl methyl sites for hydroxylation is 1. The molecule has 0 radical (unpaired) electrons. The highest BCUT2D eigenvalue weighted by Crippen LogP contribution is 2.30. The lowest BCUT2D eigenvalue weighted by atomic mass is 10.0. The number of hydrogen-bond acceptors (Lipinski definition) is 5. The van der Waals surface area contributed by atoms with E-state index in [9.17, 15) is 9.90 Å². The highest BCUT2D eigenvalue weighted by molar-refractivity contribution is 5.66. The summed E-state index contributed by atoms with van der Waals surface area (Å²) in [4.78, 5) is 14.7. The first-order valence-corrected chi connectivity index (χ1v) is 10.3. The fourth-order valence-electron chi connectivity index (χ4n) is 4.51. The van der Waals surface area contributed by atoms with Crippen LogP contribution in [0.4, 0.5) is 0 Å². The molecule has 2 aromatic rings. The quantitative estimate of drug-likeness (QED) is 0.742. The smallest absolute Gasteiger partial charge is 0.269 e. The van der Waals surface area contributed by atoms with Gasteiger partial charge < -0.3 is 9.84 Å². The predicted octanol–water partition coefficient (Wildman–Crippen LogP) is 2.16. The molecular formula is C22H29N3O3. The van der Waals surface area contributed by atoms with Crippen LogP contribution < -0.4 is 10.3 Å². The summed E-state index contributed by atoms with van der Waals surface area (Å²) in [6.07, 6.45) is 5.99. The van der Waals surface area contributed by atoms with E-state index in [1.54, 1.807) is 7.05 Å². The van der Waals surface area contributed by atoms with Crippen LogP contribution in [0, 0.1) is 0 Å². The zero-order chi connectivity index (χ0) is 19.5. The lowest BCUT2D eigenvalue weighted by Crippen LogP contribution is -2.33. The number of aliphatic hydroxyl groups excluding tert-OH is 1. The molecule has 0 saturated carbocycles. The van der Waals surface area contributed by atoms with Crippen molar-refractivity contribution in [3.8, 4) is 17.0 Å². The van der Waals surface area contributed by atoms with Gasteiger partial charge in [0.2, 0.25) is 0 Å². The van der Waals surface area contributed by atoms with Gasteiger partial charge in [-0.1, -0.05) is 12.1 Å². The van der Waals surface area contributed by atoms with Crippen LogP contribution in [0.15, 0.2) is 29.1 Å². The Morgan fingerprint density at radius 3 is 2.96 bits per heavy atom. The predicted molar refractivity (Wildman–Crippen MR) is 109 cm³/mol. The topological polar surface area (TPSA) is 67.6 Å². The third kappa shape index (κ3) is 3.84. The summed E-state index contributed by atoms with van der Waals surface area (Å²) in [7, 11) is 1.72. The Morgan fingerprint density at radius 2 is 2.11 bits per heavy atom. The van der Waals surface area contributed by atoms with Crippen molar-refractivity contribution in [2.45, 2.75) is 44.6 Å². The summed E-state index contributed by atoms with van der Waals surface area (Å²) in [6, 6.07) is 8.34. The molecule has 0 bridgehead atoms. The summed E-state index contributed by atoms with van der Waals surface area (Å²) in [5.74, 6) is 0.833. The van der Waals surface area contributed by atoms with Gasteiger partial charge >= 0.3 is 0 Å². The molecule has 28 heavy (non-hydrogen) atoms. The first-order chi connectivity index (χ1) is 13.7. The van der Waals surface area contributed by atoms with Crippen LogP contribution in [0.2, 0.25) is 0 Å². The van der Waals surface area contributed by atoms with E-state index in [2.05, 4.69) is 10.00 Å². The maximum Gasteiger partial charge on any atom is 0.269 e. The van der Waals surface area contributed by atoms with Gasteiger partial charge in [-0.2, -0.15) is 5.10 Å². The van der Waals surface area contributed by atoms with E-state index < -0.39 is 0 Å². The van der Waals surface area contributed by atoms with Gasteiger partial charge in [0.1, 0.15) is 5.75 Å². The van der Waals surface area contributed by atoms with Crippen molar-refractivity contribution in [2.24, 2.45) is 7.05 Å². The fourth-order valence-corrected chi connectivity index (χ4v) is 4.51. The Labute approximate surface area is 165 Å². The molecule has 1 N–H and O–H groups in total. The van der Waals surface area contributed by atoms with Crippen molar-refractivity contribution in [2.75, 3.05) is 26.3 Å². The molecule has 1 atom stereocenters. The summed E-state index contributed by atoms with van der Waals surface area (Å²) < 4.78 is 7.44. The van der Waals surface area contributed by atoms with Crippen LogP contribution in [-0.4, -0.2) is 52.1 Å². The van der Waals surface area contributed by atoms with Crippen LogP contribution in [0.1, 0.15) is 36.8 Å². The molecule has 1 aromatic heterocycles. The molecule has 1 aliphatic heterocycles. The molecule has 2 aliphatic rings. The van der Waals surface area contributed by atoms with Gasteiger partial charge in [-0.25, -0.2) is 4.68 Å². The van der Waals surface area contributed by atoms with Crippen LogP contribution in [0.3, 0.4) is 0 Å². The van der Waals surface area contributed by atoms with E-state index in [4.69, 9.17) is 4.74 Å². The zero-order valence-electron chi connectivity index (χ0n) is 16.6. The molecule has 1 aliphatic carbocycles. The second-order valence-electron chi connectivity index (χ2n) is 7.83. The van der Waals surface area contributed by atoms with Crippen molar-refractivity contribution in [1.29, 1.82) is 0 Å². The zero-order valence-corrected chi connectivity index (χ0v) is 16.6. The Balaban J connectivity index is 1.42. The fraction of sp³-hybridized carbons (Fsp3) is 0.545. The molecule has 150 valence electrons. The number of aliphatic hydroxyl groups is 1. The first kappa shape index (κ1) is 19.2. The second kappa shape index (κ2) is 8.45. The van der Waals surface area contributed by atoms with E-state index in [0.29, 0.717) is 12.6 Å². The molecule has 1 unspecified atom stereocenters. The van der Waals surface area contributed by atoms with Gasteiger partial charge in [0.05, 0.1) is 18.9 Å². The van der Waals surface area contributed by atoms with Crippen molar-refractivity contribution in [3.05, 3.63) is 45.7 Å². The largest absolute Gasteiger partial charge is 0.494 e. The molecular weight excluding hydrogens is 354 g/mol. The monoisotopic (exact) mass is 383 g/mol. The Morgan fingerprint density at radius 1 is 1.25 bits per heavy atom. The third-order valence-electron chi connectivity index (χ3n) is 5.98. The molecule has 1 fully saturated rings. The second-order valence-corrected chi connectivity index (χ2v) is 7.83. The highest BCUT2D eigenvalue weighted by Gasteiger charge is 2.23. The van der Waals surface area contributed by atoms with Gasteiger partial charge in [-0.15, -0.1) is 0 Å². The standard InChI is InChI=1S/C22H29N3O3/c1-24-22(27)20-10-3-9-19(20)21(23-24)16-6-2-8-18(14-16)28-13-5-12-25-11-4-7-17(25)15-26/h2,6,8,14,17,26H,3-5,7,9-13,15H2,1H3. The number of benzene rings is 1. The van der Waals surface area contributed by atoms with E-state index in [0.717, 1.165) is 73.3 Å². The molecule has 0 amide bonds. The minimum Gasteiger partial charge on any atom is -0.494 e. The van der Waals surface area contributed by atoms with Gasteiger partial charge in [0.15, 0.2) is 0 Å². The van der Waals surface area contributed by atoms with Crippen molar-refractivity contribution in [3.63, 3.8) is 0 Å². The minimum absolute atomic E-state index is 0.0340. The Kier molecular flexibility index (Phi) is 5.78. The van der Waals surface area contributed by atoms with Crippen LogP contribution >= 0.6 is 0 Å². The number of ether oxygens (including phenoxy) is 1. The molecule has 1 aromatic carbocycles. The minimum atomic E-state index is 0.0340. The molecule has 2 heterocycles. The maximum atomic E-state index is 12.3. The number of nitrogens with zero attached hydrogens (tertiary/aromatic N) is 3. The molecule has 0 spiro atoms. The van der Waals surface area contributed by atoms with Crippen LogP contribution in [0.5, 0.6) is 5.75 Å². The average Bonchev–Trinajstić information content (AvgIpc) is 3.37. The van der Waals surface area contributed by atoms with Crippen molar-refractivity contribution < 1.29 is 9.84 Å². The maximum absolute atomic E-state index is 12.3. The van der Waals surface area contributed by atoms with E-state index in [1.807, 2.05) is 24.3 Å². The van der Waals surface area contributed by atoms with E-state index in [-0.39, 0.29) is 12.2 Å². The number of aromatic nitrogens is 2. The average molecular weight is 383 g/mol. The number of rotatable bonds is 7. The molecule has 4 rings (SSSR count). The summed E-state index contributed by atoms with van der Waals surface area (Å²) in [5.41, 5.74) is 3.97. The normalized spacial score (nSPS) is 19.1. The van der Waals surface area contributed by atoms with Crippen LogP contribution in [-0.2, 0) is 19.9 Å². The number of likely N-dealkylation sites (tertiary alicyclic amines) is 1. The lowest BCUT2D eigenvalue weighted by molar-refractivity contribution is 0.150. The number of fused-ring (bicyclic) bond motifs is 1. The SMILES string of the molecule is Cn1nc(-c2cccc(OCCCN3CCCC3CO)c2)c2c(c1=O)CCC2. The highest BCUT2D eigenvalue weighted by atomic mass is 16.5. The Bertz CT molecular complexity index is 893. The van der Waals surface area contributed by atoms with Gasteiger partial charge in [0.25, 0.3) is 5.56 Å². The lowest BCUT2D eigenvalue weighted by Gasteiger charge is -2.22. The third-order valence-corrected chi connectivity index (χ3v) is 5.98. The van der Waals surface area contributed by atoms with Gasteiger partial charge in [-0.05, 0) is 62.8 Å². The molecule has 6 nitrogen and oxygen atoms in total. The van der Waals surface area contributed by atoms with E-state index >= 15 is 0 Å². The molecule has 1 saturated heterocycles. The summed E-state index contributed by atoms with van der Waals surface area (Å²) >= 11 is 0. The van der Waals surface area contributed by atoms with Crippen molar-refractivity contribution in [1.82, 2.24) is 14.7 Å². The van der Waals surface area contributed by atoms with Crippen molar-refractivity contribution >= 4 is 0 Å². The van der Waals surface area contributed by atoms with Gasteiger partial charge in [0, 0.05) is 30.8 Å². The summed E-state index contributed by atoms with van der Waals surface area (Å²) in [5, 5.41) is 14.0. The van der Waals surface area contributed by atoms with E-state index in [1.165, 1.54) is 11.1 Å². The summed E-state index contributed by atoms with van der Waals surface area (Å²) in [6.45, 7) is 2.93. The number of hydrogen-bond donors (Lipinski definition) is 1. The molecule has 6 heteroatoms. The van der Waals surface area contributed by atoms with Crippen LogP contribution in [0.25, 0.3) is 11.3 Å².